The molecular weight excluding hydrogens is 504 g/mol. The molecule has 0 aromatic heterocycles. The Morgan fingerprint density at radius 2 is 1.90 bits per heavy atom. The number of amides is 1. The maximum atomic E-state index is 12.9. The fourth-order valence-electron chi connectivity index (χ4n) is 4.20. The van der Waals surface area contributed by atoms with Crippen LogP contribution in [0.1, 0.15) is 31.7 Å². The van der Waals surface area contributed by atoms with Gasteiger partial charge in [-0.15, -0.1) is 0 Å². The normalized spacial score (nSPS) is 19.3. The lowest BCUT2D eigenvalue weighted by Gasteiger charge is -2.26. The van der Waals surface area contributed by atoms with E-state index in [0.29, 0.717) is 13.1 Å². The van der Waals surface area contributed by atoms with Gasteiger partial charge in [0.2, 0.25) is 10.0 Å². The second kappa shape index (κ2) is 9.10. The molecular formula is C22H24BrClN2O4S. The number of benzene rings is 2. The Kier molecular flexibility index (Phi) is 6.62. The fraction of sp³-hybridized carbons (Fsp3) is 0.409. The van der Waals surface area contributed by atoms with Gasteiger partial charge in [-0.3, -0.25) is 4.79 Å². The average molecular weight is 528 g/mol. The van der Waals surface area contributed by atoms with Crippen molar-refractivity contribution in [2.24, 2.45) is 0 Å². The molecule has 0 spiro atoms. The Morgan fingerprint density at radius 3 is 2.61 bits per heavy atom. The first-order chi connectivity index (χ1) is 14.8. The maximum absolute atomic E-state index is 12.9. The molecule has 2 aliphatic rings. The zero-order chi connectivity index (χ0) is 22.2. The zero-order valence-corrected chi connectivity index (χ0v) is 20.3. The van der Waals surface area contributed by atoms with Crippen LogP contribution in [0.3, 0.4) is 0 Å². The van der Waals surface area contributed by atoms with Crippen LogP contribution >= 0.6 is 27.5 Å². The molecule has 1 atom stereocenters. The lowest BCUT2D eigenvalue weighted by molar-refractivity contribution is -0.120. The van der Waals surface area contributed by atoms with E-state index in [4.69, 9.17) is 16.3 Å². The number of anilines is 1. The van der Waals surface area contributed by atoms with Gasteiger partial charge >= 0.3 is 0 Å². The standard InChI is InChI=1S/C22H24BrClN2O4S/c1-15-11-16-12-17(23)5-7-20(16)26(15)22(27)14-30-21-8-6-18(13-19(21)24)31(28,29)25-9-3-2-4-10-25/h5-8,12-13,15H,2-4,9-11,14H2,1H3/t15-/m1/s1. The number of nitrogens with zero attached hydrogens (tertiary/aromatic N) is 2. The molecule has 2 aromatic carbocycles. The largest absolute Gasteiger partial charge is 0.482 e. The molecule has 1 fully saturated rings. The Bertz CT molecular complexity index is 1100. The SMILES string of the molecule is C[C@@H]1Cc2cc(Br)ccc2N1C(=O)COc1ccc(S(=O)(=O)N2CCCCC2)cc1Cl. The minimum absolute atomic E-state index is 0.0351. The number of hydrogen-bond acceptors (Lipinski definition) is 4. The molecule has 2 aromatic rings. The van der Waals surface area contributed by atoms with Gasteiger partial charge in [0.05, 0.1) is 9.92 Å². The van der Waals surface area contributed by atoms with Gasteiger partial charge in [0, 0.05) is 29.3 Å². The average Bonchev–Trinajstić information content (AvgIpc) is 3.08. The summed E-state index contributed by atoms with van der Waals surface area (Å²) in [6.45, 7) is 2.87. The highest BCUT2D eigenvalue weighted by Crippen LogP contribution is 2.35. The van der Waals surface area contributed by atoms with Crippen LogP contribution in [0.5, 0.6) is 5.75 Å². The third-order valence-electron chi connectivity index (χ3n) is 5.73. The van der Waals surface area contributed by atoms with E-state index in [9.17, 15) is 13.2 Å². The zero-order valence-electron chi connectivity index (χ0n) is 17.2. The summed E-state index contributed by atoms with van der Waals surface area (Å²) in [7, 11) is -3.58. The molecule has 1 amide bonds. The third kappa shape index (κ3) is 4.62. The van der Waals surface area contributed by atoms with E-state index in [2.05, 4.69) is 15.9 Å². The number of rotatable bonds is 5. The van der Waals surface area contributed by atoms with Crippen LogP contribution in [0.2, 0.25) is 5.02 Å². The fourth-order valence-corrected chi connectivity index (χ4v) is 6.45. The number of carbonyl (C=O) groups is 1. The van der Waals surface area contributed by atoms with Crippen LogP contribution in [0.25, 0.3) is 0 Å². The summed E-state index contributed by atoms with van der Waals surface area (Å²) in [5.74, 6) is 0.116. The van der Waals surface area contributed by atoms with Crippen LogP contribution in [0.4, 0.5) is 5.69 Å². The number of hydrogen-bond donors (Lipinski definition) is 0. The minimum Gasteiger partial charge on any atom is -0.482 e. The monoisotopic (exact) mass is 526 g/mol. The van der Waals surface area contributed by atoms with Crippen molar-refractivity contribution in [3.8, 4) is 5.75 Å². The summed E-state index contributed by atoms with van der Waals surface area (Å²) in [5, 5.41) is 0.171. The van der Waals surface area contributed by atoms with Gasteiger partial charge < -0.3 is 9.64 Å². The van der Waals surface area contributed by atoms with E-state index in [0.717, 1.165) is 41.4 Å². The van der Waals surface area contributed by atoms with Gasteiger partial charge in [-0.2, -0.15) is 4.31 Å². The highest BCUT2D eigenvalue weighted by atomic mass is 79.9. The summed E-state index contributed by atoms with van der Waals surface area (Å²) in [4.78, 5) is 14.7. The first-order valence-corrected chi connectivity index (χ1v) is 12.9. The lowest BCUT2D eigenvalue weighted by atomic mass is 10.1. The predicted molar refractivity (Wildman–Crippen MR) is 124 cm³/mol. The second-order valence-corrected chi connectivity index (χ2v) is 11.2. The Hall–Kier alpha value is -1.61. The maximum Gasteiger partial charge on any atom is 0.265 e. The van der Waals surface area contributed by atoms with Gasteiger partial charge in [-0.1, -0.05) is 34.0 Å². The van der Waals surface area contributed by atoms with Gasteiger partial charge in [-0.25, -0.2) is 8.42 Å². The summed E-state index contributed by atoms with van der Waals surface area (Å²) < 4.78 is 33.8. The van der Waals surface area contributed by atoms with Gasteiger partial charge in [-0.05, 0) is 68.1 Å². The predicted octanol–water partition coefficient (Wildman–Crippen LogP) is 4.63. The highest BCUT2D eigenvalue weighted by molar-refractivity contribution is 9.10. The molecule has 2 aliphatic heterocycles. The topological polar surface area (TPSA) is 66.9 Å². The van der Waals surface area contributed by atoms with E-state index >= 15 is 0 Å². The van der Waals surface area contributed by atoms with E-state index in [1.807, 2.05) is 25.1 Å². The van der Waals surface area contributed by atoms with Crippen molar-refractivity contribution in [2.75, 3.05) is 24.6 Å². The van der Waals surface area contributed by atoms with Gasteiger partial charge in [0.1, 0.15) is 5.75 Å². The van der Waals surface area contributed by atoms with Crippen LogP contribution in [0.15, 0.2) is 45.8 Å². The molecule has 0 N–H and O–H groups in total. The van der Waals surface area contributed by atoms with E-state index in [1.165, 1.54) is 22.5 Å². The minimum atomic E-state index is -3.58. The number of ether oxygens (including phenoxy) is 1. The van der Waals surface area contributed by atoms with Crippen molar-refractivity contribution < 1.29 is 17.9 Å². The van der Waals surface area contributed by atoms with E-state index in [-0.39, 0.29) is 34.2 Å². The summed E-state index contributed by atoms with van der Waals surface area (Å²) in [6.07, 6.45) is 3.56. The summed E-state index contributed by atoms with van der Waals surface area (Å²) in [6, 6.07) is 10.3. The van der Waals surface area contributed by atoms with Crippen LogP contribution in [-0.2, 0) is 21.2 Å². The third-order valence-corrected chi connectivity index (χ3v) is 8.42. The molecule has 9 heteroatoms. The molecule has 2 heterocycles. The molecule has 0 radical (unpaired) electrons. The molecule has 0 bridgehead atoms. The molecule has 0 unspecified atom stereocenters. The van der Waals surface area contributed by atoms with E-state index in [1.54, 1.807) is 4.90 Å². The number of halogens is 2. The van der Waals surface area contributed by atoms with Crippen molar-refractivity contribution in [3.63, 3.8) is 0 Å². The van der Waals surface area contributed by atoms with Crippen molar-refractivity contribution >= 4 is 49.1 Å². The smallest absolute Gasteiger partial charge is 0.265 e. The number of piperidine rings is 1. The first-order valence-electron chi connectivity index (χ1n) is 10.3. The first kappa shape index (κ1) is 22.6. The molecule has 0 saturated carbocycles. The Morgan fingerprint density at radius 1 is 1.16 bits per heavy atom. The van der Waals surface area contributed by atoms with Gasteiger partial charge in [0.15, 0.2) is 6.61 Å². The molecule has 166 valence electrons. The number of fused-ring (bicyclic) bond motifs is 1. The van der Waals surface area contributed by atoms with Gasteiger partial charge in [0.25, 0.3) is 5.91 Å². The van der Waals surface area contributed by atoms with E-state index < -0.39 is 10.0 Å². The quantitative estimate of drug-likeness (QED) is 0.568. The Labute approximate surface area is 196 Å². The lowest BCUT2D eigenvalue weighted by Crippen LogP contribution is -2.39. The van der Waals surface area contributed by atoms with Crippen molar-refractivity contribution in [1.82, 2.24) is 4.31 Å². The second-order valence-electron chi connectivity index (χ2n) is 7.94. The molecule has 31 heavy (non-hydrogen) atoms. The Balaban J connectivity index is 1.45. The van der Waals surface area contributed by atoms with Crippen molar-refractivity contribution in [2.45, 2.75) is 43.5 Å². The molecule has 6 nitrogen and oxygen atoms in total. The van der Waals surface area contributed by atoms with Crippen LogP contribution in [-0.4, -0.2) is 44.4 Å². The summed E-state index contributed by atoms with van der Waals surface area (Å²) >= 11 is 9.77. The summed E-state index contributed by atoms with van der Waals surface area (Å²) in [5.41, 5.74) is 2.00. The van der Waals surface area contributed by atoms with Crippen molar-refractivity contribution in [3.05, 3.63) is 51.5 Å². The van der Waals surface area contributed by atoms with Crippen LogP contribution in [0, 0.1) is 0 Å². The van der Waals surface area contributed by atoms with Crippen LogP contribution < -0.4 is 9.64 Å². The number of carbonyl (C=O) groups excluding carboxylic acids is 1. The highest BCUT2D eigenvalue weighted by Gasteiger charge is 2.31. The molecule has 0 aliphatic carbocycles. The number of sulfonamides is 1. The van der Waals surface area contributed by atoms with Crippen molar-refractivity contribution in [1.29, 1.82) is 0 Å². The molecule has 1 saturated heterocycles. The molecule has 4 rings (SSSR count).